The van der Waals surface area contributed by atoms with Crippen molar-refractivity contribution in [3.05, 3.63) is 42.5 Å². The lowest BCUT2D eigenvalue weighted by Gasteiger charge is -2.11. The number of aromatic nitrogens is 4. The molecule has 0 bridgehead atoms. The van der Waals surface area contributed by atoms with Gasteiger partial charge in [0.05, 0.1) is 30.0 Å². The molecule has 5 heteroatoms. The number of rotatable bonds is 3. The van der Waals surface area contributed by atoms with Crippen molar-refractivity contribution in [1.29, 1.82) is 0 Å². The highest BCUT2D eigenvalue weighted by atomic mass is 15.0. The molecule has 0 aliphatic carbocycles. The van der Waals surface area contributed by atoms with Gasteiger partial charge in [0, 0.05) is 25.6 Å². The van der Waals surface area contributed by atoms with Gasteiger partial charge in [-0.3, -0.25) is 9.97 Å². The first-order valence-corrected chi connectivity index (χ1v) is 4.72. The Labute approximate surface area is 88.2 Å². The van der Waals surface area contributed by atoms with Gasteiger partial charge in [-0.15, -0.1) is 0 Å². The van der Waals surface area contributed by atoms with Crippen LogP contribution in [0, 0.1) is 0 Å². The van der Waals surface area contributed by atoms with E-state index in [4.69, 9.17) is 0 Å². The van der Waals surface area contributed by atoms with Crippen molar-refractivity contribution in [2.75, 3.05) is 7.05 Å². The standard InChI is InChI=1S/C10H13N5/c1-11-10(8-5-12-3-4-13-8)9-6-15(2)7-14-9/h3-7,10-11H,1-2H3. The monoisotopic (exact) mass is 203 g/mol. The number of nitrogens with zero attached hydrogens (tertiary/aromatic N) is 4. The molecule has 2 aromatic heterocycles. The lowest BCUT2D eigenvalue weighted by Crippen LogP contribution is -2.19. The molecule has 1 N–H and O–H groups in total. The van der Waals surface area contributed by atoms with Gasteiger partial charge in [-0.1, -0.05) is 0 Å². The molecule has 0 aliphatic rings. The normalized spacial score (nSPS) is 12.7. The summed E-state index contributed by atoms with van der Waals surface area (Å²) in [4.78, 5) is 12.6. The molecular weight excluding hydrogens is 190 g/mol. The highest BCUT2D eigenvalue weighted by Crippen LogP contribution is 2.16. The number of hydrogen-bond donors (Lipinski definition) is 1. The van der Waals surface area contributed by atoms with Crippen molar-refractivity contribution >= 4 is 0 Å². The Morgan fingerprint density at radius 3 is 2.67 bits per heavy atom. The van der Waals surface area contributed by atoms with Gasteiger partial charge in [0.1, 0.15) is 0 Å². The van der Waals surface area contributed by atoms with Crippen LogP contribution in [-0.2, 0) is 7.05 Å². The summed E-state index contributed by atoms with van der Waals surface area (Å²) in [5, 5.41) is 3.17. The summed E-state index contributed by atoms with van der Waals surface area (Å²) in [6, 6.07) is -0.0000926. The van der Waals surface area contributed by atoms with E-state index in [2.05, 4.69) is 20.3 Å². The van der Waals surface area contributed by atoms with Crippen LogP contribution in [0.25, 0.3) is 0 Å². The molecule has 1 atom stereocenters. The van der Waals surface area contributed by atoms with Crippen LogP contribution < -0.4 is 5.32 Å². The molecule has 0 aromatic carbocycles. The average Bonchev–Trinajstić information content (AvgIpc) is 2.68. The Balaban J connectivity index is 2.33. The molecule has 0 saturated carbocycles. The lowest BCUT2D eigenvalue weighted by molar-refractivity contribution is 0.650. The molecule has 2 heterocycles. The summed E-state index contributed by atoms with van der Waals surface area (Å²) < 4.78 is 1.91. The molecule has 0 radical (unpaired) electrons. The molecule has 15 heavy (non-hydrogen) atoms. The Hall–Kier alpha value is -1.75. The zero-order valence-corrected chi connectivity index (χ0v) is 8.75. The van der Waals surface area contributed by atoms with E-state index in [0.29, 0.717) is 0 Å². The molecule has 1 unspecified atom stereocenters. The predicted molar refractivity (Wildman–Crippen MR) is 56.1 cm³/mol. The van der Waals surface area contributed by atoms with Crippen molar-refractivity contribution < 1.29 is 0 Å². The summed E-state index contributed by atoms with van der Waals surface area (Å²) in [5.74, 6) is 0. The maximum Gasteiger partial charge on any atom is 0.0953 e. The van der Waals surface area contributed by atoms with Crippen LogP contribution in [0.4, 0.5) is 0 Å². The van der Waals surface area contributed by atoms with Crippen LogP contribution in [0.15, 0.2) is 31.1 Å². The quantitative estimate of drug-likeness (QED) is 0.790. The number of imidazole rings is 1. The lowest BCUT2D eigenvalue weighted by atomic mass is 10.1. The van der Waals surface area contributed by atoms with E-state index in [1.807, 2.05) is 24.9 Å². The molecule has 0 fully saturated rings. The minimum atomic E-state index is -0.0000926. The largest absolute Gasteiger partial charge is 0.340 e. The van der Waals surface area contributed by atoms with Gasteiger partial charge in [-0.2, -0.15) is 0 Å². The van der Waals surface area contributed by atoms with Gasteiger partial charge < -0.3 is 9.88 Å². The number of hydrogen-bond acceptors (Lipinski definition) is 4. The van der Waals surface area contributed by atoms with Crippen LogP contribution in [0.5, 0.6) is 0 Å². The number of nitrogens with one attached hydrogen (secondary N) is 1. The summed E-state index contributed by atoms with van der Waals surface area (Å²) in [5.41, 5.74) is 1.82. The third-order valence-corrected chi connectivity index (χ3v) is 2.19. The fourth-order valence-electron chi connectivity index (χ4n) is 1.49. The van der Waals surface area contributed by atoms with E-state index < -0.39 is 0 Å². The van der Waals surface area contributed by atoms with Gasteiger partial charge in [0.2, 0.25) is 0 Å². The highest BCUT2D eigenvalue weighted by molar-refractivity contribution is 5.17. The minimum absolute atomic E-state index is 0.0000926. The van der Waals surface area contributed by atoms with Crippen molar-refractivity contribution in [3.8, 4) is 0 Å². The molecular formula is C10H13N5. The summed E-state index contributed by atoms with van der Waals surface area (Å²) in [7, 11) is 3.83. The van der Waals surface area contributed by atoms with E-state index in [1.165, 1.54) is 0 Å². The molecule has 5 nitrogen and oxygen atoms in total. The third-order valence-electron chi connectivity index (χ3n) is 2.19. The average molecular weight is 203 g/mol. The van der Waals surface area contributed by atoms with E-state index >= 15 is 0 Å². The van der Waals surface area contributed by atoms with Crippen molar-refractivity contribution in [3.63, 3.8) is 0 Å². The van der Waals surface area contributed by atoms with Crippen molar-refractivity contribution in [2.24, 2.45) is 7.05 Å². The van der Waals surface area contributed by atoms with Gasteiger partial charge in [-0.05, 0) is 7.05 Å². The molecule has 0 aliphatic heterocycles. The molecule has 0 amide bonds. The molecule has 0 spiro atoms. The molecule has 78 valence electrons. The zero-order chi connectivity index (χ0) is 10.7. The summed E-state index contributed by atoms with van der Waals surface area (Å²) in [6.07, 6.45) is 8.83. The Morgan fingerprint density at radius 1 is 1.27 bits per heavy atom. The first-order chi connectivity index (χ1) is 7.31. The van der Waals surface area contributed by atoms with E-state index in [1.54, 1.807) is 24.9 Å². The summed E-state index contributed by atoms with van der Waals surface area (Å²) >= 11 is 0. The van der Waals surface area contributed by atoms with Crippen molar-refractivity contribution in [2.45, 2.75) is 6.04 Å². The van der Waals surface area contributed by atoms with Crippen LogP contribution in [0.2, 0.25) is 0 Å². The van der Waals surface area contributed by atoms with E-state index in [-0.39, 0.29) is 6.04 Å². The fraction of sp³-hybridized carbons (Fsp3) is 0.300. The minimum Gasteiger partial charge on any atom is -0.340 e. The van der Waals surface area contributed by atoms with E-state index in [0.717, 1.165) is 11.4 Å². The van der Waals surface area contributed by atoms with Gasteiger partial charge in [-0.25, -0.2) is 4.98 Å². The second kappa shape index (κ2) is 4.18. The fourth-order valence-corrected chi connectivity index (χ4v) is 1.49. The zero-order valence-electron chi connectivity index (χ0n) is 8.75. The Bertz CT molecular complexity index is 422. The van der Waals surface area contributed by atoms with Crippen molar-refractivity contribution in [1.82, 2.24) is 24.8 Å². The number of aryl methyl sites for hydroxylation is 1. The maximum atomic E-state index is 4.30. The second-order valence-corrected chi connectivity index (χ2v) is 3.32. The topological polar surface area (TPSA) is 55.6 Å². The van der Waals surface area contributed by atoms with Gasteiger partial charge in [0.25, 0.3) is 0 Å². The Morgan fingerprint density at radius 2 is 2.13 bits per heavy atom. The Kier molecular flexibility index (Phi) is 2.73. The van der Waals surface area contributed by atoms with Gasteiger partial charge >= 0.3 is 0 Å². The highest BCUT2D eigenvalue weighted by Gasteiger charge is 2.15. The third kappa shape index (κ3) is 2.02. The van der Waals surface area contributed by atoms with Crippen LogP contribution >= 0.6 is 0 Å². The molecule has 2 rings (SSSR count). The first kappa shape index (κ1) is 9.79. The van der Waals surface area contributed by atoms with Crippen LogP contribution in [-0.4, -0.2) is 26.6 Å². The van der Waals surface area contributed by atoms with Crippen LogP contribution in [0.1, 0.15) is 17.4 Å². The predicted octanol–water partition coefficient (Wildman–Crippen LogP) is 0.519. The molecule has 0 saturated heterocycles. The van der Waals surface area contributed by atoms with E-state index in [9.17, 15) is 0 Å². The van der Waals surface area contributed by atoms with Crippen LogP contribution in [0.3, 0.4) is 0 Å². The summed E-state index contributed by atoms with van der Waals surface area (Å²) in [6.45, 7) is 0. The molecule has 2 aromatic rings. The first-order valence-electron chi connectivity index (χ1n) is 4.72. The SMILES string of the molecule is CNC(c1cnccn1)c1cn(C)cn1. The smallest absolute Gasteiger partial charge is 0.0953 e. The maximum absolute atomic E-state index is 4.30. The van der Waals surface area contributed by atoms with Gasteiger partial charge in [0.15, 0.2) is 0 Å². The second-order valence-electron chi connectivity index (χ2n) is 3.32.